The number of halogens is 1. The topological polar surface area (TPSA) is 48.8 Å². The first-order valence-electron chi connectivity index (χ1n) is 3.53. The molecule has 0 N–H and O–H groups in total. The van der Waals surface area contributed by atoms with E-state index < -0.39 is 0 Å². The molecule has 1 aromatic rings. The van der Waals surface area contributed by atoms with Crippen molar-refractivity contribution in [1.29, 1.82) is 0 Å². The lowest BCUT2D eigenvalue weighted by Gasteiger charge is -2.03. The van der Waals surface area contributed by atoms with Crippen LogP contribution in [0.25, 0.3) is 10.4 Å². The summed E-state index contributed by atoms with van der Waals surface area (Å²) in [5, 5.41) is 3.45. The Morgan fingerprint density at radius 2 is 2.23 bits per heavy atom. The van der Waals surface area contributed by atoms with Crippen molar-refractivity contribution in [2.45, 2.75) is 20.4 Å². The van der Waals surface area contributed by atoms with Gasteiger partial charge >= 0.3 is 0 Å². The molecule has 1 atom stereocenters. The Morgan fingerprint density at radius 1 is 1.54 bits per heavy atom. The molecule has 1 unspecified atom stereocenters. The quantitative estimate of drug-likeness (QED) is 0.378. The van der Waals surface area contributed by atoms with Crippen LogP contribution in [-0.4, -0.2) is 0 Å². The molecule has 0 spiro atoms. The molecular formula is C9H12FN3. The lowest BCUT2D eigenvalue weighted by Crippen LogP contribution is -1.88. The summed E-state index contributed by atoms with van der Waals surface area (Å²) in [6.45, 7) is 1.72. The van der Waals surface area contributed by atoms with E-state index in [0.717, 1.165) is 0 Å². The van der Waals surface area contributed by atoms with Crippen molar-refractivity contribution in [2.75, 3.05) is 0 Å². The summed E-state index contributed by atoms with van der Waals surface area (Å²) >= 11 is 0. The molecule has 0 heterocycles. The summed E-state index contributed by atoms with van der Waals surface area (Å²) < 4.78 is 12.6. The van der Waals surface area contributed by atoms with Gasteiger partial charge in [-0.15, -0.1) is 0 Å². The van der Waals surface area contributed by atoms with E-state index in [4.69, 9.17) is 5.53 Å². The van der Waals surface area contributed by atoms with Crippen LogP contribution in [0.3, 0.4) is 0 Å². The fourth-order valence-electron chi connectivity index (χ4n) is 0.911. The third-order valence-electron chi connectivity index (χ3n) is 1.56. The number of azide groups is 1. The molecule has 0 radical (unpaired) electrons. The molecule has 0 amide bonds. The molecule has 0 aliphatic rings. The van der Waals surface area contributed by atoms with Gasteiger partial charge in [-0.25, -0.2) is 4.39 Å². The molecule has 4 heteroatoms. The summed E-state index contributed by atoms with van der Waals surface area (Å²) in [4.78, 5) is 2.64. The van der Waals surface area contributed by atoms with Crippen LogP contribution in [0.2, 0.25) is 0 Å². The van der Waals surface area contributed by atoms with Crippen molar-refractivity contribution in [2.24, 2.45) is 5.11 Å². The first-order valence-corrected chi connectivity index (χ1v) is 3.53. The smallest absolute Gasteiger partial charge is 0.123 e. The van der Waals surface area contributed by atoms with Gasteiger partial charge in [-0.3, -0.25) is 0 Å². The summed E-state index contributed by atoms with van der Waals surface area (Å²) in [5.41, 5.74) is 8.82. The average molecular weight is 181 g/mol. The number of nitrogens with zero attached hydrogens (tertiary/aromatic N) is 3. The van der Waals surface area contributed by atoms with E-state index in [2.05, 4.69) is 10.0 Å². The zero-order valence-corrected chi connectivity index (χ0v) is 6.61. The van der Waals surface area contributed by atoms with Gasteiger partial charge in [0, 0.05) is 4.91 Å². The highest BCUT2D eigenvalue weighted by molar-refractivity contribution is 5.19. The zero-order chi connectivity index (χ0) is 8.97. The molecule has 0 saturated heterocycles. The third-order valence-corrected chi connectivity index (χ3v) is 1.56. The number of benzene rings is 1. The SMILES string of the molecule is C.CC(N=[N+]=[N-])c1cccc(F)c1. The molecule has 70 valence electrons. The van der Waals surface area contributed by atoms with E-state index in [9.17, 15) is 4.39 Å². The van der Waals surface area contributed by atoms with E-state index in [1.54, 1.807) is 19.1 Å². The molecular weight excluding hydrogens is 169 g/mol. The Hall–Kier alpha value is -1.54. The molecule has 0 aliphatic heterocycles. The maximum absolute atomic E-state index is 12.6. The Morgan fingerprint density at radius 3 is 2.77 bits per heavy atom. The third kappa shape index (κ3) is 3.13. The minimum atomic E-state index is -0.314. The van der Waals surface area contributed by atoms with Crippen molar-refractivity contribution in [3.05, 3.63) is 46.1 Å². The van der Waals surface area contributed by atoms with E-state index in [1.165, 1.54) is 12.1 Å². The van der Waals surface area contributed by atoms with Crippen LogP contribution >= 0.6 is 0 Å². The summed E-state index contributed by atoms with van der Waals surface area (Å²) in [5.74, 6) is -0.313. The van der Waals surface area contributed by atoms with Gasteiger partial charge in [0.1, 0.15) is 5.82 Å². The van der Waals surface area contributed by atoms with Crippen LogP contribution in [-0.2, 0) is 0 Å². The molecule has 1 rings (SSSR count). The highest BCUT2D eigenvalue weighted by Gasteiger charge is 2.02. The predicted octanol–water partition coefficient (Wildman–Crippen LogP) is 3.83. The van der Waals surface area contributed by atoms with Gasteiger partial charge in [0.05, 0.1) is 6.04 Å². The Kier molecular flexibility index (Phi) is 4.55. The molecule has 3 nitrogen and oxygen atoms in total. The fourth-order valence-corrected chi connectivity index (χ4v) is 0.911. The van der Waals surface area contributed by atoms with Gasteiger partial charge in [0.25, 0.3) is 0 Å². The van der Waals surface area contributed by atoms with Gasteiger partial charge in [0.2, 0.25) is 0 Å². The maximum Gasteiger partial charge on any atom is 0.123 e. The van der Waals surface area contributed by atoms with Crippen LogP contribution < -0.4 is 0 Å². The normalized spacial score (nSPS) is 10.9. The second kappa shape index (κ2) is 5.17. The van der Waals surface area contributed by atoms with Crippen LogP contribution in [0.5, 0.6) is 0 Å². The van der Waals surface area contributed by atoms with Crippen molar-refractivity contribution >= 4 is 0 Å². The Balaban J connectivity index is 0.00000144. The fraction of sp³-hybridized carbons (Fsp3) is 0.333. The molecule has 0 aromatic heterocycles. The Bertz CT molecular complexity index is 318. The second-order valence-electron chi connectivity index (χ2n) is 2.44. The predicted molar refractivity (Wildman–Crippen MR) is 50.7 cm³/mol. The van der Waals surface area contributed by atoms with Crippen molar-refractivity contribution in [3.63, 3.8) is 0 Å². The number of hydrogen-bond acceptors (Lipinski definition) is 1. The molecule has 0 bridgehead atoms. The minimum Gasteiger partial charge on any atom is -0.207 e. The van der Waals surface area contributed by atoms with Crippen LogP contribution in [0, 0.1) is 5.82 Å². The molecule has 0 aliphatic carbocycles. The Labute approximate surface area is 76.8 Å². The van der Waals surface area contributed by atoms with Gasteiger partial charge in [0.15, 0.2) is 0 Å². The second-order valence-corrected chi connectivity index (χ2v) is 2.44. The lowest BCUT2D eigenvalue weighted by molar-refractivity contribution is 0.622. The van der Waals surface area contributed by atoms with Crippen LogP contribution in [0.4, 0.5) is 4.39 Å². The molecule has 13 heavy (non-hydrogen) atoms. The highest BCUT2D eigenvalue weighted by Crippen LogP contribution is 2.16. The van der Waals surface area contributed by atoms with Crippen LogP contribution in [0.1, 0.15) is 26.0 Å². The lowest BCUT2D eigenvalue weighted by atomic mass is 10.1. The van der Waals surface area contributed by atoms with Crippen molar-refractivity contribution < 1.29 is 4.39 Å². The van der Waals surface area contributed by atoms with E-state index >= 15 is 0 Å². The van der Waals surface area contributed by atoms with E-state index in [0.29, 0.717) is 5.56 Å². The first kappa shape index (κ1) is 11.5. The standard InChI is InChI=1S/C8H8FN3.CH4/c1-6(11-12-10)7-3-2-4-8(9)5-7;/h2-6H,1H3;1H4. The largest absolute Gasteiger partial charge is 0.207 e. The van der Waals surface area contributed by atoms with Gasteiger partial charge in [-0.2, -0.15) is 0 Å². The summed E-state index contributed by atoms with van der Waals surface area (Å²) in [6.07, 6.45) is 0. The summed E-state index contributed by atoms with van der Waals surface area (Å²) in [6, 6.07) is 5.72. The monoisotopic (exact) mass is 181 g/mol. The molecule has 1 aromatic carbocycles. The van der Waals surface area contributed by atoms with E-state index in [-0.39, 0.29) is 19.3 Å². The minimum absolute atomic E-state index is 0. The maximum atomic E-state index is 12.6. The van der Waals surface area contributed by atoms with Gasteiger partial charge in [-0.05, 0) is 23.2 Å². The van der Waals surface area contributed by atoms with E-state index in [1.807, 2.05) is 0 Å². The van der Waals surface area contributed by atoms with Crippen molar-refractivity contribution in [1.82, 2.24) is 0 Å². The zero-order valence-electron chi connectivity index (χ0n) is 6.61. The van der Waals surface area contributed by atoms with Crippen LogP contribution in [0.15, 0.2) is 29.4 Å². The highest BCUT2D eigenvalue weighted by atomic mass is 19.1. The number of rotatable bonds is 2. The summed E-state index contributed by atoms with van der Waals surface area (Å²) in [7, 11) is 0. The van der Waals surface area contributed by atoms with Gasteiger partial charge in [-0.1, -0.05) is 31.6 Å². The van der Waals surface area contributed by atoms with Crippen molar-refractivity contribution in [3.8, 4) is 0 Å². The average Bonchev–Trinajstić information content (AvgIpc) is 2.05. The van der Waals surface area contributed by atoms with Gasteiger partial charge < -0.3 is 0 Å². The number of hydrogen-bond donors (Lipinski definition) is 0. The first-order chi connectivity index (χ1) is 5.74. The molecule has 0 saturated carbocycles. The molecule has 0 fully saturated rings.